The highest BCUT2D eigenvalue weighted by molar-refractivity contribution is 6.32. The summed E-state index contributed by atoms with van der Waals surface area (Å²) < 4.78 is 81.4. The summed E-state index contributed by atoms with van der Waals surface area (Å²) in [6.45, 7) is 2.91. The summed E-state index contributed by atoms with van der Waals surface area (Å²) in [6, 6.07) is 0.786. The van der Waals surface area contributed by atoms with Gasteiger partial charge in [-0.05, 0) is 49.4 Å². The summed E-state index contributed by atoms with van der Waals surface area (Å²) in [5, 5.41) is 15.0. The van der Waals surface area contributed by atoms with Gasteiger partial charge >= 0.3 is 12.4 Å². The molecule has 238 valence electrons. The molecule has 10 nitrogen and oxygen atoms in total. The molecule has 3 heterocycles. The van der Waals surface area contributed by atoms with E-state index in [4.69, 9.17) is 28.2 Å². The molecule has 2 fully saturated rings. The quantitative estimate of drug-likeness (QED) is 0.136. The summed E-state index contributed by atoms with van der Waals surface area (Å²) in [5.74, 6) is 6.35. The van der Waals surface area contributed by atoms with E-state index in [2.05, 4.69) is 10.1 Å². The van der Waals surface area contributed by atoms with Crippen LogP contribution in [0, 0.1) is 0 Å². The van der Waals surface area contributed by atoms with Crippen LogP contribution in [0.5, 0.6) is 0 Å². The van der Waals surface area contributed by atoms with Crippen molar-refractivity contribution in [3.8, 4) is 0 Å². The van der Waals surface area contributed by atoms with Crippen LogP contribution >= 0.6 is 11.6 Å². The summed E-state index contributed by atoms with van der Waals surface area (Å²) in [6.07, 6.45) is -6.70. The van der Waals surface area contributed by atoms with Crippen molar-refractivity contribution in [3.05, 3.63) is 46.1 Å². The van der Waals surface area contributed by atoms with E-state index in [9.17, 15) is 31.4 Å². The molecule has 1 aromatic heterocycles. The van der Waals surface area contributed by atoms with Gasteiger partial charge in [-0.3, -0.25) is 0 Å². The fraction of sp³-hybridized carbons (Fsp3) is 0.577. The number of guanidine groups is 1. The lowest BCUT2D eigenvalue weighted by Crippen LogP contribution is -2.47. The first-order valence-corrected chi connectivity index (χ1v) is 14.0. The number of hydrazine groups is 1. The van der Waals surface area contributed by atoms with Gasteiger partial charge in [-0.25, -0.2) is 15.9 Å². The molecule has 2 atom stereocenters. The highest BCUT2D eigenvalue weighted by Gasteiger charge is 2.40. The number of halogens is 7. The van der Waals surface area contributed by atoms with Gasteiger partial charge in [0.05, 0.1) is 29.5 Å². The number of benzene rings is 1. The SMILES string of the molecule is CCC1C[C@H](N(Cc2cc(C(F)(F)F)cc(C(F)(F)F)c2)/C(N)=N/N(C)N)CN1c1nc(N2CCC(O)CC2)ncc1Cl. The summed E-state index contributed by atoms with van der Waals surface area (Å²) in [5.41, 5.74) is 3.15. The third-order valence-electron chi connectivity index (χ3n) is 7.59. The molecule has 5 N–H and O–H groups in total. The maximum atomic E-state index is 13.6. The zero-order chi connectivity index (χ0) is 31.7. The summed E-state index contributed by atoms with van der Waals surface area (Å²) in [7, 11) is 1.38. The number of piperidine rings is 1. The molecule has 0 saturated carbocycles. The van der Waals surface area contributed by atoms with E-state index in [1.54, 1.807) is 0 Å². The molecule has 17 heteroatoms. The number of nitrogens with zero attached hydrogens (tertiary/aromatic N) is 7. The Kier molecular flexibility index (Phi) is 9.71. The van der Waals surface area contributed by atoms with E-state index in [1.807, 2.05) is 16.7 Å². The lowest BCUT2D eigenvalue weighted by Gasteiger charge is -2.32. The van der Waals surface area contributed by atoms with Gasteiger partial charge in [0.25, 0.3) is 0 Å². The number of hydrogen-bond donors (Lipinski definition) is 3. The smallest absolute Gasteiger partial charge is 0.393 e. The van der Waals surface area contributed by atoms with Crippen LogP contribution in [0.2, 0.25) is 5.02 Å². The minimum absolute atomic E-state index is 0.0844. The molecule has 2 saturated heterocycles. The third-order valence-corrected chi connectivity index (χ3v) is 7.86. The Labute approximate surface area is 249 Å². The molecule has 1 aromatic carbocycles. The van der Waals surface area contributed by atoms with Crippen molar-refractivity contribution in [1.29, 1.82) is 0 Å². The number of hydrogen-bond acceptors (Lipinski definition) is 8. The molecule has 0 amide bonds. The molecule has 0 radical (unpaired) electrons. The monoisotopic (exact) mass is 637 g/mol. The lowest BCUT2D eigenvalue weighted by molar-refractivity contribution is -0.143. The number of alkyl halides is 6. The molecular formula is C26H34ClF6N9O. The third kappa shape index (κ3) is 7.84. The van der Waals surface area contributed by atoms with Crippen LogP contribution < -0.4 is 21.4 Å². The Morgan fingerprint density at radius 1 is 1.12 bits per heavy atom. The van der Waals surface area contributed by atoms with Crippen molar-refractivity contribution < 1.29 is 31.4 Å². The predicted octanol–water partition coefficient (Wildman–Crippen LogP) is 4.02. The first kappa shape index (κ1) is 32.7. The predicted molar refractivity (Wildman–Crippen MR) is 150 cm³/mol. The minimum atomic E-state index is -5.00. The molecule has 2 aromatic rings. The molecule has 0 aliphatic carbocycles. The van der Waals surface area contributed by atoms with Gasteiger partial charge in [0.1, 0.15) is 5.02 Å². The van der Waals surface area contributed by atoms with Crippen molar-refractivity contribution in [2.24, 2.45) is 16.7 Å². The zero-order valence-electron chi connectivity index (χ0n) is 23.6. The lowest BCUT2D eigenvalue weighted by atomic mass is 10.0. The van der Waals surface area contributed by atoms with Crippen LogP contribution in [0.4, 0.5) is 38.1 Å². The molecule has 0 spiro atoms. The summed E-state index contributed by atoms with van der Waals surface area (Å²) >= 11 is 6.55. The second-order valence-corrected chi connectivity index (χ2v) is 11.1. The van der Waals surface area contributed by atoms with Gasteiger partial charge in [-0.2, -0.15) is 31.3 Å². The molecule has 2 aliphatic rings. The Balaban J connectivity index is 1.68. The van der Waals surface area contributed by atoms with Gasteiger partial charge in [0, 0.05) is 39.3 Å². The van der Waals surface area contributed by atoms with E-state index in [1.165, 1.54) is 18.1 Å². The van der Waals surface area contributed by atoms with Gasteiger partial charge in [0.2, 0.25) is 11.9 Å². The summed E-state index contributed by atoms with van der Waals surface area (Å²) in [4.78, 5) is 14.4. The Bertz CT molecular complexity index is 1270. The molecule has 0 bridgehead atoms. The zero-order valence-corrected chi connectivity index (χ0v) is 24.3. The Morgan fingerprint density at radius 2 is 1.72 bits per heavy atom. The van der Waals surface area contributed by atoms with E-state index in [-0.39, 0.29) is 41.3 Å². The number of aromatic nitrogens is 2. The maximum absolute atomic E-state index is 13.6. The first-order valence-electron chi connectivity index (χ1n) is 13.7. The van der Waals surface area contributed by atoms with Crippen LogP contribution in [0.15, 0.2) is 29.5 Å². The highest BCUT2D eigenvalue weighted by Crippen LogP contribution is 2.38. The van der Waals surface area contributed by atoms with Crippen molar-refractivity contribution in [2.45, 2.75) is 69.7 Å². The van der Waals surface area contributed by atoms with Gasteiger partial charge in [-0.15, -0.1) is 5.10 Å². The Morgan fingerprint density at radius 3 is 2.26 bits per heavy atom. The molecule has 1 unspecified atom stereocenters. The topological polar surface area (TPSA) is 123 Å². The van der Waals surface area contributed by atoms with Gasteiger partial charge < -0.3 is 25.5 Å². The van der Waals surface area contributed by atoms with Crippen LogP contribution in [-0.4, -0.2) is 75.9 Å². The molecular weight excluding hydrogens is 604 g/mol. The number of hydrazone groups is 1. The second-order valence-electron chi connectivity index (χ2n) is 10.7. The number of aliphatic hydroxyl groups is 1. The number of aliphatic hydroxyl groups excluding tert-OH is 1. The van der Waals surface area contributed by atoms with E-state index >= 15 is 0 Å². The standard InChI is InChI=1S/C26H34ClF6N9O/c1-3-18-11-19(14-41(18)22-21(27)12-36-24(37-22)40-6-4-20(43)5-7-40)42(23(34)38-39(2)35)13-15-8-16(25(28,29)30)10-17(9-15)26(31,32)33/h8-10,12,18-20,43H,3-7,11,13-14,35H2,1-2H3,(H2,34,38)/t18?,19-/m0/s1. The fourth-order valence-electron chi connectivity index (χ4n) is 5.46. The van der Waals surface area contributed by atoms with E-state index in [0.29, 0.717) is 62.7 Å². The Hall–Kier alpha value is -3.24. The highest BCUT2D eigenvalue weighted by atomic mass is 35.5. The average molecular weight is 638 g/mol. The second kappa shape index (κ2) is 12.8. The number of anilines is 2. The largest absolute Gasteiger partial charge is 0.416 e. The molecule has 4 rings (SSSR count). The van der Waals surface area contributed by atoms with Crippen molar-refractivity contribution in [2.75, 3.05) is 36.5 Å². The van der Waals surface area contributed by atoms with Crippen LogP contribution in [0.1, 0.15) is 49.3 Å². The fourth-order valence-corrected chi connectivity index (χ4v) is 5.66. The molecule has 2 aliphatic heterocycles. The number of rotatable bonds is 7. The van der Waals surface area contributed by atoms with Crippen LogP contribution in [-0.2, 0) is 18.9 Å². The number of nitrogens with two attached hydrogens (primary N) is 2. The van der Waals surface area contributed by atoms with Crippen LogP contribution in [0.25, 0.3) is 0 Å². The average Bonchev–Trinajstić information content (AvgIpc) is 3.35. The van der Waals surface area contributed by atoms with Crippen molar-refractivity contribution in [1.82, 2.24) is 20.0 Å². The minimum Gasteiger partial charge on any atom is -0.393 e. The van der Waals surface area contributed by atoms with Gasteiger partial charge in [-0.1, -0.05) is 18.5 Å². The maximum Gasteiger partial charge on any atom is 0.416 e. The van der Waals surface area contributed by atoms with E-state index < -0.39 is 36.1 Å². The molecule has 43 heavy (non-hydrogen) atoms. The first-order chi connectivity index (χ1) is 20.1. The van der Waals surface area contributed by atoms with Crippen LogP contribution in [0.3, 0.4) is 0 Å². The van der Waals surface area contributed by atoms with E-state index in [0.717, 1.165) is 5.12 Å². The van der Waals surface area contributed by atoms with Crippen molar-refractivity contribution in [3.63, 3.8) is 0 Å². The van der Waals surface area contributed by atoms with Crippen molar-refractivity contribution >= 4 is 29.3 Å². The normalized spacial score (nSPS) is 20.6. The van der Waals surface area contributed by atoms with Gasteiger partial charge in [0.15, 0.2) is 5.82 Å².